The number of benzene rings is 1. The molecule has 0 amide bonds. The van der Waals surface area contributed by atoms with Crippen molar-refractivity contribution < 1.29 is 23.9 Å². The lowest BCUT2D eigenvalue weighted by Gasteiger charge is -2.16. The molecule has 0 aliphatic carbocycles. The van der Waals surface area contributed by atoms with Crippen LogP contribution in [-0.2, 0) is 9.53 Å². The monoisotopic (exact) mass is 283 g/mol. The Kier molecular flexibility index (Phi) is 5.04. The van der Waals surface area contributed by atoms with Crippen LogP contribution in [0.15, 0.2) is 18.2 Å². The van der Waals surface area contributed by atoms with Crippen molar-refractivity contribution in [1.29, 1.82) is 0 Å². The molecular formula is C13H17NO6. The Bertz CT molecular complexity index is 506. The maximum atomic E-state index is 11.8. The zero-order valence-electron chi connectivity index (χ0n) is 11.8. The molecule has 0 saturated heterocycles. The van der Waals surface area contributed by atoms with Gasteiger partial charge in [-0.25, -0.2) is 0 Å². The molecule has 0 radical (unpaired) electrons. The summed E-state index contributed by atoms with van der Waals surface area (Å²) in [5.74, 6) is -0.276. The molecule has 0 aromatic heterocycles. The van der Waals surface area contributed by atoms with E-state index < -0.39 is 16.3 Å². The highest BCUT2D eigenvalue weighted by Gasteiger charge is 2.25. The van der Waals surface area contributed by atoms with Crippen LogP contribution in [0.1, 0.15) is 20.8 Å². The van der Waals surface area contributed by atoms with Crippen molar-refractivity contribution in [2.45, 2.75) is 20.8 Å². The zero-order valence-corrected chi connectivity index (χ0v) is 11.8. The SMILES string of the molecule is COCOc1cc(OC(=O)C(C)(C)C)ccc1[N+](=O)[O-]. The standard InChI is InChI=1S/C13H17NO6/c1-13(2,3)12(15)20-9-5-6-10(14(16)17)11(7-9)19-8-18-4/h5-7H,8H2,1-4H3. The smallest absolute Gasteiger partial charge is 0.316 e. The van der Waals surface area contributed by atoms with Crippen LogP contribution in [0, 0.1) is 15.5 Å². The predicted molar refractivity (Wildman–Crippen MR) is 70.7 cm³/mol. The predicted octanol–water partition coefficient (Wildman–Crippen LogP) is 2.53. The molecule has 0 aliphatic heterocycles. The molecule has 0 atom stereocenters. The average molecular weight is 283 g/mol. The Morgan fingerprint density at radius 3 is 2.50 bits per heavy atom. The van der Waals surface area contributed by atoms with E-state index in [1.165, 1.54) is 25.3 Å². The molecule has 0 fully saturated rings. The Morgan fingerprint density at radius 2 is 2.00 bits per heavy atom. The summed E-state index contributed by atoms with van der Waals surface area (Å²) in [7, 11) is 1.40. The molecule has 0 aliphatic rings. The second kappa shape index (κ2) is 6.33. The Morgan fingerprint density at radius 1 is 1.35 bits per heavy atom. The van der Waals surface area contributed by atoms with E-state index in [1.54, 1.807) is 20.8 Å². The number of hydrogen-bond donors (Lipinski definition) is 0. The molecule has 7 heteroatoms. The van der Waals surface area contributed by atoms with Crippen LogP contribution < -0.4 is 9.47 Å². The second-order valence-corrected chi connectivity index (χ2v) is 5.08. The fraction of sp³-hybridized carbons (Fsp3) is 0.462. The number of hydrogen-bond acceptors (Lipinski definition) is 6. The highest BCUT2D eigenvalue weighted by Crippen LogP contribution is 2.32. The van der Waals surface area contributed by atoms with Gasteiger partial charge in [0.1, 0.15) is 5.75 Å². The number of rotatable bonds is 5. The van der Waals surface area contributed by atoms with Crippen molar-refractivity contribution in [2.75, 3.05) is 13.9 Å². The summed E-state index contributed by atoms with van der Waals surface area (Å²) < 4.78 is 15.0. The van der Waals surface area contributed by atoms with Gasteiger partial charge in [0, 0.05) is 19.2 Å². The minimum atomic E-state index is -0.671. The lowest BCUT2D eigenvalue weighted by atomic mass is 9.97. The summed E-state index contributed by atoms with van der Waals surface area (Å²) in [6, 6.07) is 3.86. The van der Waals surface area contributed by atoms with Crippen molar-refractivity contribution in [2.24, 2.45) is 5.41 Å². The lowest BCUT2D eigenvalue weighted by molar-refractivity contribution is -0.386. The summed E-state index contributed by atoms with van der Waals surface area (Å²) >= 11 is 0. The second-order valence-electron chi connectivity index (χ2n) is 5.08. The van der Waals surface area contributed by atoms with E-state index in [0.29, 0.717) is 0 Å². The van der Waals surface area contributed by atoms with Crippen LogP contribution in [0.3, 0.4) is 0 Å². The van der Waals surface area contributed by atoms with E-state index in [-0.39, 0.29) is 24.0 Å². The maximum absolute atomic E-state index is 11.8. The van der Waals surface area contributed by atoms with E-state index in [4.69, 9.17) is 14.2 Å². The number of nitrogens with zero attached hydrogens (tertiary/aromatic N) is 1. The van der Waals surface area contributed by atoms with Gasteiger partial charge in [0.25, 0.3) is 0 Å². The number of nitro benzene ring substituents is 1. The average Bonchev–Trinajstić information content (AvgIpc) is 2.35. The van der Waals surface area contributed by atoms with Gasteiger partial charge in [0.15, 0.2) is 6.79 Å². The van der Waals surface area contributed by atoms with Crippen molar-refractivity contribution in [3.8, 4) is 11.5 Å². The van der Waals surface area contributed by atoms with Gasteiger partial charge in [-0.3, -0.25) is 14.9 Å². The van der Waals surface area contributed by atoms with Crippen LogP contribution >= 0.6 is 0 Å². The van der Waals surface area contributed by atoms with Crippen LogP contribution in [-0.4, -0.2) is 24.8 Å². The van der Waals surface area contributed by atoms with E-state index >= 15 is 0 Å². The van der Waals surface area contributed by atoms with Crippen LogP contribution in [0.25, 0.3) is 0 Å². The largest absolute Gasteiger partial charge is 0.460 e. The Hall–Kier alpha value is -2.15. The first-order chi connectivity index (χ1) is 9.25. The first-order valence-electron chi connectivity index (χ1n) is 5.88. The molecule has 20 heavy (non-hydrogen) atoms. The molecule has 0 saturated carbocycles. The van der Waals surface area contributed by atoms with Crippen molar-refractivity contribution in [3.63, 3.8) is 0 Å². The van der Waals surface area contributed by atoms with Gasteiger partial charge in [-0.05, 0) is 26.8 Å². The topological polar surface area (TPSA) is 87.9 Å². The minimum Gasteiger partial charge on any atom is -0.460 e. The number of esters is 1. The van der Waals surface area contributed by atoms with Crippen LogP contribution in [0.5, 0.6) is 11.5 Å². The van der Waals surface area contributed by atoms with Gasteiger partial charge < -0.3 is 14.2 Å². The minimum absolute atomic E-state index is 0.0175. The van der Waals surface area contributed by atoms with Crippen LogP contribution in [0.2, 0.25) is 0 Å². The maximum Gasteiger partial charge on any atom is 0.316 e. The highest BCUT2D eigenvalue weighted by atomic mass is 16.7. The van der Waals surface area contributed by atoms with Crippen LogP contribution in [0.4, 0.5) is 5.69 Å². The number of carbonyl (C=O) groups is 1. The summed E-state index contributed by atoms with van der Waals surface area (Å²) in [6.07, 6.45) is 0. The molecule has 0 bridgehead atoms. The summed E-state index contributed by atoms with van der Waals surface area (Å²) in [5.41, 5.74) is -0.896. The Labute approximate surface area is 116 Å². The van der Waals surface area contributed by atoms with E-state index in [9.17, 15) is 14.9 Å². The van der Waals surface area contributed by atoms with Gasteiger partial charge in [-0.15, -0.1) is 0 Å². The lowest BCUT2D eigenvalue weighted by Crippen LogP contribution is -2.25. The van der Waals surface area contributed by atoms with Crippen molar-refractivity contribution in [3.05, 3.63) is 28.3 Å². The molecule has 1 aromatic rings. The molecule has 7 nitrogen and oxygen atoms in total. The van der Waals surface area contributed by atoms with Crippen molar-refractivity contribution in [1.82, 2.24) is 0 Å². The molecule has 0 N–H and O–H groups in total. The normalized spacial score (nSPS) is 11.0. The van der Waals surface area contributed by atoms with Gasteiger partial charge in [-0.1, -0.05) is 0 Å². The highest BCUT2D eigenvalue weighted by molar-refractivity contribution is 5.78. The van der Waals surface area contributed by atoms with Crippen molar-refractivity contribution >= 4 is 11.7 Å². The number of methoxy groups -OCH3 is 1. The molecule has 0 heterocycles. The quantitative estimate of drug-likeness (QED) is 0.271. The van der Waals surface area contributed by atoms with E-state index in [1.807, 2.05) is 0 Å². The number of nitro groups is 1. The first-order valence-corrected chi connectivity index (χ1v) is 5.88. The van der Waals surface area contributed by atoms with E-state index in [0.717, 1.165) is 0 Å². The number of ether oxygens (including phenoxy) is 3. The zero-order chi connectivity index (χ0) is 15.3. The van der Waals surface area contributed by atoms with Gasteiger partial charge in [0.05, 0.1) is 10.3 Å². The molecule has 0 unspecified atom stereocenters. The number of carbonyl (C=O) groups excluding carboxylic acids is 1. The fourth-order valence-corrected chi connectivity index (χ4v) is 1.21. The van der Waals surface area contributed by atoms with Gasteiger partial charge in [0.2, 0.25) is 5.75 Å². The molecular weight excluding hydrogens is 266 g/mol. The summed E-state index contributed by atoms with van der Waals surface area (Å²) in [4.78, 5) is 22.0. The summed E-state index contributed by atoms with van der Waals surface area (Å²) in [6.45, 7) is 4.99. The summed E-state index contributed by atoms with van der Waals surface area (Å²) in [5, 5.41) is 10.9. The first kappa shape index (κ1) is 15.9. The molecule has 1 aromatic carbocycles. The Balaban J connectivity index is 3.00. The third-order valence-electron chi connectivity index (χ3n) is 2.28. The molecule has 110 valence electrons. The third-order valence-corrected chi connectivity index (χ3v) is 2.28. The van der Waals surface area contributed by atoms with Gasteiger partial charge in [-0.2, -0.15) is 0 Å². The fourth-order valence-electron chi connectivity index (χ4n) is 1.21. The molecule has 1 rings (SSSR count). The molecule has 0 spiro atoms. The van der Waals surface area contributed by atoms with E-state index in [2.05, 4.69) is 0 Å². The van der Waals surface area contributed by atoms with Gasteiger partial charge >= 0.3 is 11.7 Å². The third kappa shape index (κ3) is 4.20.